The number of nitro benzene ring substituents is 1. The van der Waals surface area contributed by atoms with Gasteiger partial charge in [-0.05, 0) is 25.1 Å². The van der Waals surface area contributed by atoms with Gasteiger partial charge in [0.05, 0.1) is 10.5 Å². The number of carboxylic acid groups (broad SMARTS) is 1. The van der Waals surface area contributed by atoms with Crippen LogP contribution in [0.1, 0.15) is 15.9 Å². The van der Waals surface area contributed by atoms with Crippen molar-refractivity contribution in [1.29, 1.82) is 0 Å². The Labute approximate surface area is 113 Å². The van der Waals surface area contributed by atoms with E-state index in [1.165, 1.54) is 43.5 Å². The van der Waals surface area contributed by atoms with Gasteiger partial charge in [0, 0.05) is 12.3 Å². The molecule has 0 saturated heterocycles. The molecule has 0 spiro atoms. The second kappa shape index (κ2) is 5.35. The molecule has 2 rings (SSSR count). The standard InChI is InChI=1S/C13H10N2O5/c1-8-10(15(18)19)5-2-6-11(8)20-12-9(13(16)17)4-3-7-14-12/h2-7H,1H3,(H,16,17). The van der Waals surface area contributed by atoms with E-state index in [-0.39, 0.29) is 22.9 Å². The van der Waals surface area contributed by atoms with E-state index in [1.54, 1.807) is 0 Å². The molecule has 0 radical (unpaired) electrons. The van der Waals surface area contributed by atoms with Crippen LogP contribution in [0.15, 0.2) is 36.5 Å². The second-order valence-electron chi connectivity index (χ2n) is 3.92. The Balaban J connectivity index is 2.43. The summed E-state index contributed by atoms with van der Waals surface area (Å²) in [7, 11) is 0. The predicted octanol–water partition coefficient (Wildman–Crippen LogP) is 2.79. The van der Waals surface area contributed by atoms with Crippen LogP contribution in [0, 0.1) is 17.0 Å². The number of carboxylic acids is 1. The van der Waals surface area contributed by atoms with Crippen LogP contribution in [0.3, 0.4) is 0 Å². The molecule has 1 aromatic carbocycles. The summed E-state index contributed by atoms with van der Waals surface area (Å²) in [5.41, 5.74) is 0.0909. The molecular formula is C13H10N2O5. The zero-order valence-electron chi connectivity index (χ0n) is 10.4. The van der Waals surface area contributed by atoms with E-state index in [9.17, 15) is 14.9 Å². The summed E-state index contributed by atoms with van der Waals surface area (Å²) in [5.74, 6) is -1.10. The summed E-state index contributed by atoms with van der Waals surface area (Å²) in [6, 6.07) is 7.14. The number of hydrogen-bond acceptors (Lipinski definition) is 5. The smallest absolute Gasteiger partial charge is 0.341 e. The number of ether oxygens (including phenoxy) is 1. The minimum absolute atomic E-state index is 0.102. The lowest BCUT2D eigenvalue weighted by atomic mass is 10.2. The van der Waals surface area contributed by atoms with Crippen LogP contribution >= 0.6 is 0 Å². The molecule has 7 nitrogen and oxygen atoms in total. The zero-order chi connectivity index (χ0) is 14.7. The molecule has 0 atom stereocenters. The van der Waals surface area contributed by atoms with E-state index in [4.69, 9.17) is 9.84 Å². The van der Waals surface area contributed by atoms with Gasteiger partial charge < -0.3 is 9.84 Å². The van der Waals surface area contributed by atoms with Crippen molar-refractivity contribution in [1.82, 2.24) is 4.98 Å². The van der Waals surface area contributed by atoms with Crippen LogP contribution < -0.4 is 4.74 Å². The molecule has 1 heterocycles. The third kappa shape index (κ3) is 2.56. The summed E-state index contributed by atoms with van der Waals surface area (Å²) in [6.45, 7) is 1.52. The monoisotopic (exact) mass is 274 g/mol. The number of carbonyl (C=O) groups is 1. The Morgan fingerprint density at radius 1 is 1.35 bits per heavy atom. The lowest BCUT2D eigenvalue weighted by Gasteiger charge is -2.09. The van der Waals surface area contributed by atoms with Crippen molar-refractivity contribution in [2.24, 2.45) is 0 Å². The van der Waals surface area contributed by atoms with Crippen molar-refractivity contribution in [3.05, 3.63) is 57.8 Å². The van der Waals surface area contributed by atoms with Crippen molar-refractivity contribution in [2.45, 2.75) is 6.92 Å². The topological polar surface area (TPSA) is 103 Å². The van der Waals surface area contributed by atoms with Crippen molar-refractivity contribution in [3.8, 4) is 11.6 Å². The van der Waals surface area contributed by atoms with E-state index in [0.29, 0.717) is 5.56 Å². The van der Waals surface area contributed by atoms with Gasteiger partial charge in [-0.2, -0.15) is 0 Å². The molecule has 2 aromatic rings. The number of pyridine rings is 1. The molecule has 0 aliphatic carbocycles. The number of rotatable bonds is 4. The fourth-order valence-electron chi connectivity index (χ4n) is 1.65. The first kappa shape index (κ1) is 13.5. The molecular weight excluding hydrogens is 264 g/mol. The summed E-state index contributed by atoms with van der Waals surface area (Å²) < 4.78 is 5.40. The minimum Gasteiger partial charge on any atom is -0.477 e. The van der Waals surface area contributed by atoms with Crippen molar-refractivity contribution >= 4 is 11.7 Å². The highest BCUT2D eigenvalue weighted by Gasteiger charge is 2.18. The molecule has 0 bridgehead atoms. The molecule has 1 N–H and O–H groups in total. The second-order valence-corrected chi connectivity index (χ2v) is 3.92. The first-order chi connectivity index (χ1) is 9.50. The van der Waals surface area contributed by atoms with Gasteiger partial charge >= 0.3 is 5.97 Å². The lowest BCUT2D eigenvalue weighted by molar-refractivity contribution is -0.385. The Morgan fingerprint density at radius 2 is 2.10 bits per heavy atom. The number of aromatic nitrogens is 1. The van der Waals surface area contributed by atoms with Crippen LogP contribution in [0.4, 0.5) is 5.69 Å². The number of aromatic carboxylic acids is 1. The van der Waals surface area contributed by atoms with E-state index in [2.05, 4.69) is 4.98 Å². The molecule has 7 heteroatoms. The normalized spacial score (nSPS) is 10.1. The average molecular weight is 274 g/mol. The van der Waals surface area contributed by atoms with Gasteiger partial charge in [-0.3, -0.25) is 10.1 Å². The molecule has 20 heavy (non-hydrogen) atoms. The summed E-state index contributed by atoms with van der Waals surface area (Å²) >= 11 is 0. The first-order valence-corrected chi connectivity index (χ1v) is 5.61. The quantitative estimate of drug-likeness (QED) is 0.679. The maximum atomic E-state index is 11.0. The molecule has 102 valence electrons. The fourth-order valence-corrected chi connectivity index (χ4v) is 1.65. The van der Waals surface area contributed by atoms with Crippen molar-refractivity contribution < 1.29 is 19.6 Å². The molecule has 0 aliphatic rings. The number of nitrogens with zero attached hydrogens (tertiary/aromatic N) is 2. The molecule has 0 aliphatic heterocycles. The van der Waals surface area contributed by atoms with Crippen molar-refractivity contribution in [2.75, 3.05) is 0 Å². The molecule has 0 unspecified atom stereocenters. The molecule has 0 saturated carbocycles. The van der Waals surface area contributed by atoms with E-state index in [0.717, 1.165) is 0 Å². The van der Waals surface area contributed by atoms with Crippen LogP contribution in [-0.4, -0.2) is 21.0 Å². The van der Waals surface area contributed by atoms with E-state index >= 15 is 0 Å². The molecule has 0 fully saturated rings. The predicted molar refractivity (Wildman–Crippen MR) is 69.1 cm³/mol. The summed E-state index contributed by atoms with van der Waals surface area (Å²) in [4.78, 5) is 25.2. The summed E-state index contributed by atoms with van der Waals surface area (Å²) in [5, 5.41) is 19.9. The number of nitro groups is 1. The zero-order valence-corrected chi connectivity index (χ0v) is 10.4. The van der Waals surface area contributed by atoms with Gasteiger partial charge in [0.15, 0.2) is 0 Å². The maximum absolute atomic E-state index is 11.0. The van der Waals surface area contributed by atoms with Gasteiger partial charge in [-0.1, -0.05) is 6.07 Å². The highest BCUT2D eigenvalue weighted by Crippen LogP contribution is 2.31. The summed E-state index contributed by atoms with van der Waals surface area (Å²) in [6.07, 6.45) is 1.38. The van der Waals surface area contributed by atoms with Gasteiger partial charge in [0.25, 0.3) is 5.69 Å². The van der Waals surface area contributed by atoms with Crippen LogP contribution in [-0.2, 0) is 0 Å². The Morgan fingerprint density at radius 3 is 2.75 bits per heavy atom. The number of hydrogen-bond donors (Lipinski definition) is 1. The maximum Gasteiger partial charge on any atom is 0.341 e. The molecule has 0 amide bonds. The fraction of sp³-hybridized carbons (Fsp3) is 0.0769. The average Bonchev–Trinajstić information content (AvgIpc) is 2.41. The van der Waals surface area contributed by atoms with Gasteiger partial charge in [-0.25, -0.2) is 9.78 Å². The van der Waals surface area contributed by atoms with Crippen LogP contribution in [0.2, 0.25) is 0 Å². The highest BCUT2D eigenvalue weighted by molar-refractivity contribution is 5.90. The Hall–Kier alpha value is -2.96. The Bertz CT molecular complexity index is 684. The first-order valence-electron chi connectivity index (χ1n) is 5.61. The third-order valence-corrected chi connectivity index (χ3v) is 2.66. The van der Waals surface area contributed by atoms with Crippen LogP contribution in [0.25, 0.3) is 0 Å². The number of benzene rings is 1. The minimum atomic E-state index is -1.18. The lowest BCUT2D eigenvalue weighted by Crippen LogP contribution is -2.02. The largest absolute Gasteiger partial charge is 0.477 e. The van der Waals surface area contributed by atoms with E-state index in [1.807, 2.05) is 0 Å². The van der Waals surface area contributed by atoms with E-state index < -0.39 is 10.9 Å². The highest BCUT2D eigenvalue weighted by atomic mass is 16.6. The third-order valence-electron chi connectivity index (χ3n) is 2.66. The van der Waals surface area contributed by atoms with Crippen molar-refractivity contribution in [3.63, 3.8) is 0 Å². The van der Waals surface area contributed by atoms with Gasteiger partial charge in [0.1, 0.15) is 11.3 Å². The van der Waals surface area contributed by atoms with Crippen LogP contribution in [0.5, 0.6) is 11.6 Å². The molecule has 1 aromatic heterocycles. The SMILES string of the molecule is Cc1c(Oc2ncccc2C(=O)O)cccc1[N+](=O)[O-]. The Kier molecular flexibility index (Phi) is 3.60. The van der Waals surface area contributed by atoms with Gasteiger partial charge in [-0.15, -0.1) is 0 Å². The van der Waals surface area contributed by atoms with Gasteiger partial charge in [0.2, 0.25) is 5.88 Å².